The van der Waals surface area contributed by atoms with Crippen molar-refractivity contribution in [2.24, 2.45) is 0 Å². The zero-order valence-electron chi connectivity index (χ0n) is 69.8. The van der Waals surface area contributed by atoms with E-state index in [9.17, 15) is 69.6 Å². The molecule has 0 atom stereocenters. The highest BCUT2D eigenvalue weighted by Gasteiger charge is 2.30. The van der Waals surface area contributed by atoms with Crippen LogP contribution in [-0.4, -0.2) is 75.6 Å². The van der Waals surface area contributed by atoms with Crippen molar-refractivity contribution in [3.8, 4) is 46.0 Å². The van der Waals surface area contributed by atoms with Gasteiger partial charge in [0.15, 0.2) is 34.7 Å². The molecular formula is C102H77Br6IO20. The lowest BCUT2D eigenvalue weighted by atomic mass is 9.96. The number of hydrogen-bond acceptors (Lipinski definition) is 20. The zero-order chi connectivity index (χ0) is 92.8. The monoisotopic (exact) mass is 2220 g/mol. The summed E-state index contributed by atoms with van der Waals surface area (Å²) >= 11 is 21.5. The fraction of sp³-hybridized carbons (Fsp3) is 0.118. The molecule has 0 radical (unpaired) electrons. The number of ketones is 6. The van der Waals surface area contributed by atoms with Gasteiger partial charge in [-0.2, -0.15) is 0 Å². The van der Waals surface area contributed by atoms with Crippen LogP contribution in [0.4, 0.5) is 0 Å². The minimum absolute atomic E-state index is 0.0342. The van der Waals surface area contributed by atoms with Gasteiger partial charge in [-0.15, -0.1) is 0 Å². The smallest absolute Gasteiger partial charge is 0.197 e. The van der Waals surface area contributed by atoms with Crippen LogP contribution in [0.25, 0.3) is 65.8 Å². The number of phenolic OH excluding ortho intramolecular Hbond substituents is 8. The lowest BCUT2D eigenvalue weighted by molar-refractivity contribution is 0.102. The molecule has 0 aliphatic rings. The number of furan rings is 6. The van der Waals surface area contributed by atoms with Gasteiger partial charge in [-0.25, -0.2) is 0 Å². The standard InChI is InChI=1S/2C18H14Br2O3.C17H12Br2O4.C17H14O4.C16H11IO3.C16H12O3/c1-9(2)18-15(11-5-3-4-6-14(11)23-18)16(21)10-7-12(19)17(22)13(20)8-10;1-3-14-16(11-5-4-9(2)6-15(11)23-14)17(21)10-7-12(19)18(22)13(20)8-10;1-2-13-15(10-7-9(20)3-4-14(10)23-13)16(21)8-5-11(18)17(22)12(19)6-8;1-2-14-16(13-9-12(19)7-8-15(13)21-14)17(20)10-3-5-11(18)6-4-10;1-9-15(11-4-2-3-5-14(11)20-9)16(19)10-6-7-13(18)12(17)8-10;1-10-15(13-4-2-3-5-14(13)19-10)16(18)11-6-8-12(17)9-7-11/h3-9,22H,1-2H3;4-8,22H,3H2,1-2H3;3-7,20,22H,2H2,1H3;3-9,18-19H,2H2,1H3;2-8,18H,1H3;2-9,17H,1H3. The largest absolute Gasteiger partial charge is 0.508 e. The molecule has 12 aromatic carbocycles. The topological polar surface area (TPSA) is 343 Å². The molecule has 8 N–H and O–H groups in total. The molecule has 6 aromatic heterocycles. The maximum absolute atomic E-state index is 13.1. The number of para-hydroxylation sites is 3. The Morgan fingerprint density at radius 3 is 0.977 bits per heavy atom. The van der Waals surface area contributed by atoms with Crippen molar-refractivity contribution < 1.29 is 96.1 Å². The number of aryl methyl sites for hydroxylation is 6. The van der Waals surface area contributed by atoms with Gasteiger partial charge in [-0.1, -0.05) is 101 Å². The predicted molar refractivity (Wildman–Crippen MR) is 525 cm³/mol. The molecule has 654 valence electrons. The molecule has 0 aliphatic carbocycles. The van der Waals surface area contributed by atoms with E-state index < -0.39 is 0 Å². The molecule has 129 heavy (non-hydrogen) atoms. The van der Waals surface area contributed by atoms with E-state index in [0.29, 0.717) is 190 Å². The second-order valence-electron chi connectivity index (χ2n) is 29.8. The van der Waals surface area contributed by atoms with Crippen LogP contribution in [0.1, 0.15) is 176 Å². The van der Waals surface area contributed by atoms with E-state index in [1.807, 2.05) is 155 Å². The van der Waals surface area contributed by atoms with Crippen molar-refractivity contribution in [1.29, 1.82) is 0 Å². The third-order valence-electron chi connectivity index (χ3n) is 20.7. The summed E-state index contributed by atoms with van der Waals surface area (Å²) < 4.78 is 37.8. The third-order valence-corrected chi connectivity index (χ3v) is 25.2. The summed E-state index contributed by atoms with van der Waals surface area (Å²) in [6.45, 7) is 15.3. The maximum Gasteiger partial charge on any atom is 0.197 e. The molecule has 0 saturated carbocycles. The molecule has 18 aromatic rings. The third kappa shape index (κ3) is 20.5. The lowest BCUT2D eigenvalue weighted by Crippen LogP contribution is -2.05. The van der Waals surface area contributed by atoms with Gasteiger partial charge >= 0.3 is 0 Å². The number of phenols is 8. The van der Waals surface area contributed by atoms with E-state index in [0.717, 1.165) is 32.7 Å². The minimum atomic E-state index is -0.229. The molecule has 6 heterocycles. The van der Waals surface area contributed by atoms with Crippen molar-refractivity contribution in [3.05, 3.63) is 368 Å². The lowest BCUT2D eigenvalue weighted by Gasteiger charge is -2.08. The summed E-state index contributed by atoms with van der Waals surface area (Å²) in [6.07, 6.45) is 1.76. The highest BCUT2D eigenvalue weighted by molar-refractivity contribution is 14.1. The number of hydrogen-bond donors (Lipinski definition) is 8. The van der Waals surface area contributed by atoms with Crippen LogP contribution in [0.2, 0.25) is 0 Å². The average molecular weight is 2230 g/mol. The first-order chi connectivity index (χ1) is 61.6. The normalized spacial score (nSPS) is 11.0. The Morgan fingerprint density at radius 1 is 0.295 bits per heavy atom. The van der Waals surface area contributed by atoms with Crippen LogP contribution in [0.3, 0.4) is 0 Å². The number of aromatic hydroxyl groups is 8. The fourth-order valence-electron chi connectivity index (χ4n) is 14.5. The molecule has 27 heteroatoms. The summed E-state index contributed by atoms with van der Waals surface area (Å²) in [5, 5.41) is 81.4. The van der Waals surface area contributed by atoms with Crippen LogP contribution in [0, 0.1) is 24.3 Å². The molecule has 0 fully saturated rings. The Hall–Kier alpha value is -12.1. The molecule has 0 spiro atoms. The highest BCUT2D eigenvalue weighted by atomic mass is 127. The fourth-order valence-corrected chi connectivity index (χ4v) is 18.5. The summed E-state index contributed by atoms with van der Waals surface area (Å²) in [5.74, 6) is 3.75. The number of carbonyl (C=O) groups excluding carboxylic acids is 6. The first kappa shape index (κ1) is 94.5. The van der Waals surface area contributed by atoms with Gasteiger partial charge in [0.2, 0.25) is 0 Å². The van der Waals surface area contributed by atoms with Crippen molar-refractivity contribution in [1.82, 2.24) is 0 Å². The molecule has 18 rings (SSSR count). The summed E-state index contributed by atoms with van der Waals surface area (Å²) in [4.78, 5) is 76.9. The first-order valence-electron chi connectivity index (χ1n) is 40.0. The van der Waals surface area contributed by atoms with Crippen molar-refractivity contribution >= 4 is 219 Å². The second-order valence-corrected chi connectivity index (χ2v) is 36.1. The Bertz CT molecular complexity index is 7340. The maximum atomic E-state index is 13.1. The highest BCUT2D eigenvalue weighted by Crippen LogP contribution is 2.43. The number of carbonyl (C=O) groups is 6. The van der Waals surface area contributed by atoms with Crippen molar-refractivity contribution in [2.75, 3.05) is 0 Å². The molecule has 20 nitrogen and oxygen atoms in total. The van der Waals surface area contributed by atoms with E-state index in [1.54, 1.807) is 98.8 Å². The van der Waals surface area contributed by atoms with Gasteiger partial charge in [-0.3, -0.25) is 28.8 Å². The molecule has 0 saturated heterocycles. The average Bonchev–Trinajstić information content (AvgIpc) is 1.63. The number of halogens is 7. The molecule has 0 unspecified atom stereocenters. The van der Waals surface area contributed by atoms with Gasteiger partial charge in [0.05, 0.1) is 63.8 Å². The van der Waals surface area contributed by atoms with Crippen LogP contribution >= 0.6 is 118 Å². The Balaban J connectivity index is 0.000000132. The van der Waals surface area contributed by atoms with Gasteiger partial charge in [0, 0.05) is 90.9 Å². The predicted octanol–water partition coefficient (Wildman–Crippen LogP) is 28.5. The number of rotatable bonds is 16. The molecule has 0 aliphatic heterocycles. The van der Waals surface area contributed by atoms with Gasteiger partial charge in [0.1, 0.15) is 114 Å². The van der Waals surface area contributed by atoms with Gasteiger partial charge in [-0.05, 0) is 308 Å². The Kier molecular flexibility index (Phi) is 29.8. The molecular weight excluding hydrogens is 2150 g/mol. The molecule has 0 amide bonds. The second kappa shape index (κ2) is 40.7. The van der Waals surface area contributed by atoms with Crippen molar-refractivity contribution in [2.45, 2.75) is 80.6 Å². The quantitative estimate of drug-likeness (QED) is 0.0329. The van der Waals surface area contributed by atoms with E-state index in [2.05, 4.69) is 95.6 Å². The van der Waals surface area contributed by atoms with Gasteiger partial charge in [0.25, 0.3) is 0 Å². The Labute approximate surface area is 801 Å². The number of fused-ring (bicyclic) bond motifs is 6. The van der Waals surface area contributed by atoms with Crippen LogP contribution < -0.4 is 0 Å². The van der Waals surface area contributed by atoms with Crippen LogP contribution in [0.5, 0.6) is 46.0 Å². The number of benzene rings is 12. The van der Waals surface area contributed by atoms with Crippen molar-refractivity contribution in [3.63, 3.8) is 0 Å². The van der Waals surface area contributed by atoms with E-state index >= 15 is 0 Å². The zero-order valence-corrected chi connectivity index (χ0v) is 81.4. The SMILES string of the molecule is CC(C)c1oc2ccccc2c1C(=O)c1cc(Br)c(O)c(Br)c1.CCc1oc2cc(C)ccc2c1C(=O)c1cc(Br)c(O)c(Br)c1.CCc1oc2ccc(O)cc2c1C(=O)c1cc(Br)c(O)c(Br)c1.CCc1oc2ccc(O)cc2c1C(=O)c1ccc(O)cc1.Cc1oc2ccccc2c1C(=O)c1ccc(O)c(I)c1.Cc1oc2ccccc2c1C(=O)c1ccc(O)cc1. The summed E-state index contributed by atoms with van der Waals surface area (Å²) in [7, 11) is 0. The summed E-state index contributed by atoms with van der Waals surface area (Å²) in [5.41, 5.74) is 11.2. The summed E-state index contributed by atoms with van der Waals surface area (Å²) in [6, 6.07) is 64.5. The molecule has 0 bridgehead atoms. The van der Waals surface area contributed by atoms with Crippen LogP contribution in [-0.2, 0) is 19.3 Å². The van der Waals surface area contributed by atoms with Crippen LogP contribution in [0.15, 0.2) is 284 Å². The van der Waals surface area contributed by atoms with E-state index in [4.69, 9.17) is 26.5 Å². The van der Waals surface area contributed by atoms with E-state index in [1.165, 1.54) is 54.6 Å². The van der Waals surface area contributed by atoms with E-state index in [-0.39, 0.29) is 86.6 Å². The minimum Gasteiger partial charge on any atom is -0.508 e. The Morgan fingerprint density at radius 2 is 0.597 bits per heavy atom. The van der Waals surface area contributed by atoms with Gasteiger partial charge < -0.3 is 67.4 Å². The first-order valence-corrected chi connectivity index (χ1v) is 45.8.